The molecular weight excluding hydrogens is 393 g/mol. The number of para-hydroxylation sites is 1. The Labute approximate surface area is 175 Å². The zero-order chi connectivity index (χ0) is 20.1. The zero-order valence-corrected chi connectivity index (χ0v) is 17.0. The average molecular weight is 414 g/mol. The van der Waals surface area contributed by atoms with E-state index in [9.17, 15) is 9.90 Å². The molecule has 0 spiro atoms. The number of hydrogen-bond donors (Lipinski definition) is 1. The highest BCUT2D eigenvalue weighted by atomic mass is 35.5. The summed E-state index contributed by atoms with van der Waals surface area (Å²) in [7, 11) is 1.95. The van der Waals surface area contributed by atoms with Gasteiger partial charge >= 0.3 is 5.97 Å². The largest absolute Gasteiger partial charge is 0.480 e. The van der Waals surface area contributed by atoms with Gasteiger partial charge in [0.15, 0.2) is 0 Å². The SMILES string of the molecule is CN(CCC(C(=O)O)(c1ccccc1)c1ccc(Cl)cc1Cl)c1ccccc1. The van der Waals surface area contributed by atoms with Crippen LogP contribution in [-0.4, -0.2) is 24.7 Å². The van der Waals surface area contributed by atoms with Crippen molar-refractivity contribution in [3.05, 3.63) is 100 Å². The molecule has 0 radical (unpaired) electrons. The molecule has 3 aromatic carbocycles. The van der Waals surface area contributed by atoms with E-state index < -0.39 is 11.4 Å². The van der Waals surface area contributed by atoms with Crippen LogP contribution in [0.3, 0.4) is 0 Å². The van der Waals surface area contributed by atoms with Crippen molar-refractivity contribution in [1.82, 2.24) is 0 Å². The number of nitrogens with zero attached hydrogens (tertiary/aromatic N) is 1. The molecule has 0 bridgehead atoms. The molecule has 0 aliphatic rings. The molecule has 0 aromatic heterocycles. The third-order valence-electron chi connectivity index (χ3n) is 5.04. The summed E-state index contributed by atoms with van der Waals surface area (Å²) in [5, 5.41) is 11.2. The van der Waals surface area contributed by atoms with Crippen LogP contribution in [0.5, 0.6) is 0 Å². The minimum Gasteiger partial charge on any atom is -0.480 e. The quantitative estimate of drug-likeness (QED) is 0.524. The fourth-order valence-corrected chi connectivity index (χ4v) is 4.06. The van der Waals surface area contributed by atoms with Crippen LogP contribution in [0.2, 0.25) is 10.0 Å². The number of aliphatic carboxylic acids is 1. The van der Waals surface area contributed by atoms with Crippen molar-refractivity contribution < 1.29 is 9.90 Å². The fourth-order valence-electron chi connectivity index (χ4n) is 3.49. The van der Waals surface area contributed by atoms with Crippen molar-refractivity contribution >= 4 is 34.9 Å². The van der Waals surface area contributed by atoms with Gasteiger partial charge in [-0.25, -0.2) is 0 Å². The first-order valence-electron chi connectivity index (χ1n) is 8.96. The van der Waals surface area contributed by atoms with Gasteiger partial charge < -0.3 is 10.0 Å². The summed E-state index contributed by atoms with van der Waals surface area (Å²) < 4.78 is 0. The van der Waals surface area contributed by atoms with E-state index in [1.807, 2.05) is 72.6 Å². The first-order chi connectivity index (χ1) is 13.4. The summed E-state index contributed by atoms with van der Waals surface area (Å²) in [5.41, 5.74) is 0.968. The molecule has 0 fully saturated rings. The van der Waals surface area contributed by atoms with Crippen LogP contribution in [-0.2, 0) is 10.2 Å². The van der Waals surface area contributed by atoms with Crippen LogP contribution >= 0.6 is 23.2 Å². The number of hydrogen-bond acceptors (Lipinski definition) is 2. The molecule has 3 aromatic rings. The van der Waals surface area contributed by atoms with E-state index in [1.54, 1.807) is 18.2 Å². The van der Waals surface area contributed by atoms with Crippen molar-refractivity contribution in [3.8, 4) is 0 Å². The minimum absolute atomic E-state index is 0.346. The summed E-state index contributed by atoms with van der Waals surface area (Å²) >= 11 is 12.5. The lowest BCUT2D eigenvalue weighted by Gasteiger charge is -2.33. The van der Waals surface area contributed by atoms with Crippen LogP contribution in [0.4, 0.5) is 5.69 Å². The highest BCUT2D eigenvalue weighted by Gasteiger charge is 2.43. The third-order valence-corrected chi connectivity index (χ3v) is 5.59. The molecule has 28 heavy (non-hydrogen) atoms. The number of benzene rings is 3. The molecule has 5 heteroatoms. The average Bonchev–Trinajstić information content (AvgIpc) is 2.70. The van der Waals surface area contributed by atoms with Gasteiger partial charge in [-0.1, -0.05) is 77.8 Å². The summed E-state index contributed by atoms with van der Waals surface area (Å²) in [4.78, 5) is 14.7. The van der Waals surface area contributed by atoms with E-state index in [0.29, 0.717) is 34.1 Å². The molecule has 1 unspecified atom stereocenters. The number of halogens is 2. The van der Waals surface area contributed by atoms with E-state index in [2.05, 4.69) is 0 Å². The van der Waals surface area contributed by atoms with Gasteiger partial charge in [0.25, 0.3) is 0 Å². The van der Waals surface area contributed by atoms with Gasteiger partial charge in [-0.3, -0.25) is 4.79 Å². The number of rotatable bonds is 7. The van der Waals surface area contributed by atoms with Gasteiger partial charge in [0, 0.05) is 29.3 Å². The standard InChI is InChI=1S/C23H21Cl2NO2/c1-26(19-10-6-3-7-11-19)15-14-23(22(27)28,17-8-4-2-5-9-17)20-13-12-18(24)16-21(20)25/h2-13,16H,14-15H2,1H3,(H,27,28). The van der Waals surface area contributed by atoms with Gasteiger partial charge in [-0.05, 0) is 41.8 Å². The molecule has 0 saturated heterocycles. The summed E-state index contributed by atoms with van der Waals surface area (Å²) in [6.07, 6.45) is 0.346. The van der Waals surface area contributed by atoms with Gasteiger partial charge in [-0.2, -0.15) is 0 Å². The highest BCUT2D eigenvalue weighted by molar-refractivity contribution is 6.35. The third kappa shape index (κ3) is 4.01. The number of carbonyl (C=O) groups is 1. The number of carboxylic acid groups (broad SMARTS) is 1. The van der Waals surface area contributed by atoms with Crippen molar-refractivity contribution in [2.24, 2.45) is 0 Å². The van der Waals surface area contributed by atoms with Crippen molar-refractivity contribution in [2.75, 3.05) is 18.5 Å². The van der Waals surface area contributed by atoms with Crippen LogP contribution in [0.15, 0.2) is 78.9 Å². The van der Waals surface area contributed by atoms with E-state index in [1.165, 1.54) is 0 Å². The Morgan fingerprint density at radius 3 is 2.14 bits per heavy atom. The molecule has 144 valence electrons. The molecule has 0 saturated carbocycles. The molecule has 3 rings (SSSR count). The lowest BCUT2D eigenvalue weighted by atomic mass is 9.72. The van der Waals surface area contributed by atoms with Crippen molar-refractivity contribution in [1.29, 1.82) is 0 Å². The second kappa shape index (κ2) is 8.68. The Bertz CT molecular complexity index is 947. The Kier molecular flexibility index (Phi) is 6.28. The van der Waals surface area contributed by atoms with E-state index in [0.717, 1.165) is 5.69 Å². The lowest BCUT2D eigenvalue weighted by Crippen LogP contribution is -2.40. The maximum Gasteiger partial charge on any atom is 0.318 e. The van der Waals surface area contributed by atoms with Crippen LogP contribution in [0.1, 0.15) is 17.5 Å². The van der Waals surface area contributed by atoms with E-state index in [4.69, 9.17) is 23.2 Å². The summed E-state index contributed by atoms with van der Waals surface area (Å²) in [5.74, 6) is -0.940. The predicted octanol–water partition coefficient (Wildman–Crippen LogP) is 5.89. The molecule has 0 aliphatic heterocycles. The first kappa shape index (κ1) is 20.2. The number of anilines is 1. The maximum absolute atomic E-state index is 12.7. The molecule has 0 heterocycles. The number of carboxylic acids is 1. The smallest absolute Gasteiger partial charge is 0.318 e. The van der Waals surface area contributed by atoms with Gasteiger partial charge in [-0.15, -0.1) is 0 Å². The second-order valence-corrected chi connectivity index (χ2v) is 7.55. The van der Waals surface area contributed by atoms with Crippen LogP contribution < -0.4 is 4.90 Å². The highest BCUT2D eigenvalue weighted by Crippen LogP contribution is 2.41. The van der Waals surface area contributed by atoms with Crippen molar-refractivity contribution in [2.45, 2.75) is 11.8 Å². The Hall–Kier alpha value is -2.49. The van der Waals surface area contributed by atoms with E-state index >= 15 is 0 Å². The Morgan fingerprint density at radius 2 is 1.57 bits per heavy atom. The van der Waals surface area contributed by atoms with Gasteiger partial charge in [0.1, 0.15) is 5.41 Å². The van der Waals surface area contributed by atoms with E-state index in [-0.39, 0.29) is 0 Å². The fraction of sp³-hybridized carbons (Fsp3) is 0.174. The second-order valence-electron chi connectivity index (χ2n) is 6.71. The molecule has 3 nitrogen and oxygen atoms in total. The maximum atomic E-state index is 12.7. The summed E-state index contributed by atoms with van der Waals surface area (Å²) in [6.45, 7) is 0.532. The van der Waals surface area contributed by atoms with Gasteiger partial charge in [0.05, 0.1) is 0 Å². The molecule has 0 amide bonds. The Morgan fingerprint density at radius 1 is 0.964 bits per heavy atom. The molecule has 0 aliphatic carbocycles. The van der Waals surface area contributed by atoms with Gasteiger partial charge in [0.2, 0.25) is 0 Å². The molecule has 1 atom stereocenters. The van der Waals surface area contributed by atoms with Crippen LogP contribution in [0.25, 0.3) is 0 Å². The molecular formula is C23H21Cl2NO2. The monoisotopic (exact) mass is 413 g/mol. The normalized spacial score (nSPS) is 13.0. The topological polar surface area (TPSA) is 40.5 Å². The summed E-state index contributed by atoms with van der Waals surface area (Å²) in [6, 6.07) is 24.1. The first-order valence-corrected chi connectivity index (χ1v) is 9.71. The molecule has 1 N–H and O–H groups in total. The van der Waals surface area contributed by atoms with Crippen molar-refractivity contribution in [3.63, 3.8) is 0 Å². The Balaban J connectivity index is 2.07. The lowest BCUT2D eigenvalue weighted by molar-refractivity contribution is -0.142. The zero-order valence-electron chi connectivity index (χ0n) is 15.5. The predicted molar refractivity (Wildman–Crippen MR) is 116 cm³/mol. The minimum atomic E-state index is -1.29. The van der Waals surface area contributed by atoms with Crippen LogP contribution in [0, 0.1) is 0 Å².